The van der Waals surface area contributed by atoms with Crippen LogP contribution in [0.4, 0.5) is 14.6 Å². The monoisotopic (exact) mass is 310 g/mol. The van der Waals surface area contributed by atoms with Crippen LogP contribution >= 0.6 is 0 Å². The number of ether oxygens (including phenoxy) is 2. The first-order valence-corrected chi connectivity index (χ1v) is 6.18. The van der Waals surface area contributed by atoms with Gasteiger partial charge in [-0.1, -0.05) is 0 Å². The highest BCUT2D eigenvalue weighted by Gasteiger charge is 2.17. The zero-order chi connectivity index (χ0) is 16.1. The summed E-state index contributed by atoms with van der Waals surface area (Å²) in [6, 6.07) is 2.49. The smallest absolute Gasteiger partial charge is 0.343 e. The molecule has 0 radical (unpaired) electrons. The van der Waals surface area contributed by atoms with Gasteiger partial charge in [0.2, 0.25) is 0 Å². The van der Waals surface area contributed by atoms with Gasteiger partial charge >= 0.3 is 12.0 Å². The summed E-state index contributed by atoms with van der Waals surface area (Å²) in [7, 11) is 0. The second-order valence-electron chi connectivity index (χ2n) is 3.96. The fourth-order valence-corrected chi connectivity index (χ4v) is 1.54. The Morgan fingerprint density at radius 3 is 2.82 bits per heavy atom. The van der Waals surface area contributed by atoms with Gasteiger partial charge in [0.25, 0.3) is 0 Å². The lowest BCUT2D eigenvalue weighted by Crippen LogP contribution is -2.16. The van der Waals surface area contributed by atoms with Gasteiger partial charge in [-0.25, -0.2) is 24.4 Å². The van der Waals surface area contributed by atoms with Crippen LogP contribution in [0.15, 0.2) is 24.4 Å². The van der Waals surface area contributed by atoms with Crippen molar-refractivity contribution in [3.05, 3.63) is 41.6 Å². The van der Waals surface area contributed by atoms with Crippen LogP contribution in [-0.4, -0.2) is 22.5 Å². The normalized spacial score (nSPS) is 10.2. The molecule has 0 saturated carbocycles. The van der Waals surface area contributed by atoms with Crippen LogP contribution in [0.2, 0.25) is 0 Å². The van der Waals surface area contributed by atoms with Crippen LogP contribution in [0.3, 0.4) is 0 Å². The van der Waals surface area contributed by atoms with Gasteiger partial charge in [0.1, 0.15) is 11.4 Å². The molecule has 0 aliphatic heterocycles. The zero-order valence-electron chi connectivity index (χ0n) is 11.5. The number of esters is 1. The summed E-state index contributed by atoms with van der Waals surface area (Å²) in [6.07, 6.45) is 1.12. The van der Waals surface area contributed by atoms with E-state index in [4.69, 9.17) is 15.3 Å². The highest BCUT2D eigenvalue weighted by Crippen LogP contribution is 2.24. The number of nitrogen functional groups attached to an aromatic ring is 1. The molecule has 0 aliphatic rings. The summed E-state index contributed by atoms with van der Waals surface area (Å²) in [5.41, 5.74) is 2.20. The Morgan fingerprint density at radius 1 is 1.41 bits per heavy atom. The Bertz CT molecular complexity index is 697. The third-order valence-corrected chi connectivity index (χ3v) is 2.49. The van der Waals surface area contributed by atoms with Crippen LogP contribution in [0.5, 0.6) is 11.8 Å². The average Bonchev–Trinajstić information content (AvgIpc) is 2.50. The number of rotatable bonds is 5. The summed E-state index contributed by atoms with van der Waals surface area (Å²) in [6.45, 7) is 1.81. The number of nitrogens with two attached hydrogens (primary N) is 1. The number of hydrogen-bond donors (Lipinski definition) is 2. The first-order valence-electron chi connectivity index (χ1n) is 6.18. The Morgan fingerprint density at radius 2 is 2.18 bits per heavy atom. The fraction of sp³-hybridized carbons (Fsp3) is 0.154. The molecule has 3 N–H and O–H groups in total. The summed E-state index contributed by atoms with van der Waals surface area (Å²) < 4.78 is 36.2. The largest absolute Gasteiger partial charge is 0.462 e. The summed E-state index contributed by atoms with van der Waals surface area (Å²) in [4.78, 5) is 19.2. The second kappa shape index (κ2) is 6.76. The van der Waals surface area contributed by atoms with E-state index in [-0.39, 0.29) is 29.7 Å². The third kappa shape index (κ3) is 3.44. The lowest BCUT2D eigenvalue weighted by molar-refractivity contribution is 0.0526. The van der Waals surface area contributed by atoms with Gasteiger partial charge < -0.3 is 14.9 Å². The maximum atomic E-state index is 13.5. The topological polar surface area (TPSA) is 99.4 Å². The minimum atomic E-state index is -0.916. The van der Waals surface area contributed by atoms with E-state index in [0.717, 1.165) is 18.3 Å². The molecule has 0 spiro atoms. The number of hydrogen-bond acceptors (Lipinski definition) is 7. The number of nitrogens with zero attached hydrogens (tertiary/aromatic N) is 2. The van der Waals surface area contributed by atoms with E-state index < -0.39 is 17.6 Å². The molecular formula is C13H12F2N4O3. The molecule has 0 aliphatic carbocycles. The van der Waals surface area contributed by atoms with Crippen molar-refractivity contribution in [2.24, 2.45) is 5.84 Å². The first kappa shape index (κ1) is 15.6. The van der Waals surface area contributed by atoms with Crippen molar-refractivity contribution >= 4 is 11.8 Å². The average molecular weight is 310 g/mol. The molecule has 116 valence electrons. The predicted molar refractivity (Wildman–Crippen MR) is 72.2 cm³/mol. The molecule has 0 atom stereocenters. The molecule has 0 unspecified atom stereocenters. The van der Waals surface area contributed by atoms with Gasteiger partial charge in [0.05, 0.1) is 12.8 Å². The number of anilines is 1. The van der Waals surface area contributed by atoms with Crippen molar-refractivity contribution in [2.75, 3.05) is 12.0 Å². The molecule has 7 nitrogen and oxygen atoms in total. The van der Waals surface area contributed by atoms with E-state index in [1.54, 1.807) is 6.92 Å². The van der Waals surface area contributed by atoms with Crippen molar-refractivity contribution in [2.45, 2.75) is 6.92 Å². The first-order chi connectivity index (χ1) is 10.5. The van der Waals surface area contributed by atoms with Crippen LogP contribution < -0.4 is 16.0 Å². The van der Waals surface area contributed by atoms with E-state index in [1.807, 2.05) is 0 Å². The Labute approximate surface area is 124 Å². The van der Waals surface area contributed by atoms with Gasteiger partial charge in [0.15, 0.2) is 17.4 Å². The number of nitrogens with one attached hydrogen (secondary N) is 1. The van der Waals surface area contributed by atoms with E-state index in [9.17, 15) is 13.6 Å². The fourth-order valence-electron chi connectivity index (χ4n) is 1.54. The highest BCUT2D eigenvalue weighted by atomic mass is 19.1. The number of carbonyl (C=O) groups excluding carboxylic acids is 1. The molecule has 22 heavy (non-hydrogen) atoms. The van der Waals surface area contributed by atoms with Gasteiger partial charge in [-0.2, -0.15) is 4.98 Å². The van der Waals surface area contributed by atoms with Gasteiger partial charge in [0, 0.05) is 6.07 Å². The number of aromatic nitrogens is 2. The molecule has 1 heterocycles. The number of carbonyl (C=O) groups is 1. The van der Waals surface area contributed by atoms with Crippen LogP contribution in [-0.2, 0) is 4.74 Å². The minimum Gasteiger partial charge on any atom is -0.462 e. The third-order valence-electron chi connectivity index (χ3n) is 2.49. The van der Waals surface area contributed by atoms with Crippen LogP contribution in [0.25, 0.3) is 0 Å². The molecule has 1 aromatic carbocycles. The van der Waals surface area contributed by atoms with Crippen molar-refractivity contribution in [1.29, 1.82) is 0 Å². The molecule has 0 bridgehead atoms. The van der Waals surface area contributed by atoms with Gasteiger partial charge in [-0.3, -0.25) is 0 Å². The predicted octanol–water partition coefficient (Wildman–Crippen LogP) is 2.01. The molecule has 1 aromatic heterocycles. The Balaban J connectivity index is 2.27. The Kier molecular flexibility index (Phi) is 4.79. The quantitative estimate of drug-likeness (QED) is 0.495. The number of hydrazine groups is 1. The van der Waals surface area contributed by atoms with Crippen LogP contribution in [0.1, 0.15) is 17.3 Å². The van der Waals surface area contributed by atoms with E-state index >= 15 is 0 Å². The van der Waals surface area contributed by atoms with Crippen molar-refractivity contribution in [1.82, 2.24) is 9.97 Å². The van der Waals surface area contributed by atoms with Gasteiger partial charge in [-0.15, -0.1) is 0 Å². The van der Waals surface area contributed by atoms with Crippen molar-refractivity contribution in [3.8, 4) is 11.8 Å². The van der Waals surface area contributed by atoms with Gasteiger partial charge in [-0.05, 0) is 19.1 Å². The minimum absolute atomic E-state index is 0.00345. The standard InChI is InChI=1S/C13H12F2N4O3/c1-2-21-12(20)8-6-17-13(18-11(8)19-16)22-10-4-3-7(14)5-9(10)15/h3-6H,2,16H2,1H3,(H,17,18,19). The molecule has 2 rings (SSSR count). The molecule has 2 aromatic rings. The second-order valence-corrected chi connectivity index (χ2v) is 3.96. The van der Waals surface area contributed by atoms with Crippen LogP contribution in [0, 0.1) is 11.6 Å². The van der Waals surface area contributed by atoms with E-state index in [2.05, 4.69) is 15.4 Å². The zero-order valence-corrected chi connectivity index (χ0v) is 11.5. The summed E-state index contributed by atoms with van der Waals surface area (Å²) in [5, 5.41) is 0. The molecule has 0 fully saturated rings. The van der Waals surface area contributed by atoms with Crippen molar-refractivity contribution in [3.63, 3.8) is 0 Å². The van der Waals surface area contributed by atoms with Crippen molar-refractivity contribution < 1.29 is 23.0 Å². The number of benzene rings is 1. The number of halogens is 2. The lowest BCUT2D eigenvalue weighted by atomic mass is 10.3. The maximum absolute atomic E-state index is 13.5. The SMILES string of the molecule is CCOC(=O)c1cnc(Oc2ccc(F)cc2F)nc1NN. The van der Waals surface area contributed by atoms with E-state index in [0.29, 0.717) is 6.07 Å². The summed E-state index contributed by atoms with van der Waals surface area (Å²) >= 11 is 0. The van der Waals surface area contributed by atoms with E-state index in [1.165, 1.54) is 0 Å². The lowest BCUT2D eigenvalue weighted by Gasteiger charge is -2.09. The molecule has 0 amide bonds. The molecule has 0 saturated heterocycles. The molecular weight excluding hydrogens is 298 g/mol. The highest BCUT2D eigenvalue weighted by molar-refractivity contribution is 5.94. The maximum Gasteiger partial charge on any atom is 0.343 e. The molecule has 9 heteroatoms. The summed E-state index contributed by atoms with van der Waals surface area (Å²) in [5.74, 6) is 2.62. The Hall–Kier alpha value is -2.81.